The molecule has 0 radical (unpaired) electrons. The van der Waals surface area contributed by atoms with Crippen molar-refractivity contribution in [1.82, 2.24) is 9.88 Å². The number of piperazine rings is 1. The van der Waals surface area contributed by atoms with Crippen LogP contribution in [0.25, 0.3) is 0 Å². The average Bonchev–Trinajstić information content (AvgIpc) is 3.13. The lowest BCUT2D eigenvalue weighted by atomic mass is 10.1. The molecule has 2 heterocycles. The summed E-state index contributed by atoms with van der Waals surface area (Å²) in [5, 5.41) is 5.12. The van der Waals surface area contributed by atoms with Gasteiger partial charge in [0.15, 0.2) is 5.13 Å². The van der Waals surface area contributed by atoms with Crippen LogP contribution >= 0.6 is 11.3 Å². The van der Waals surface area contributed by atoms with Crippen LogP contribution in [0.3, 0.4) is 0 Å². The Morgan fingerprint density at radius 2 is 2.00 bits per heavy atom. The highest BCUT2D eigenvalue weighted by molar-refractivity contribution is 7.13. The summed E-state index contributed by atoms with van der Waals surface area (Å²) in [6.07, 6.45) is -2.72. The highest BCUT2D eigenvalue weighted by Crippen LogP contribution is 2.32. The quantitative estimate of drug-likeness (QED) is 0.879. The fourth-order valence-electron chi connectivity index (χ4n) is 2.91. The molecule has 1 fully saturated rings. The summed E-state index contributed by atoms with van der Waals surface area (Å²) in [5.41, 5.74) is -0.0898. The van der Waals surface area contributed by atoms with E-state index in [-0.39, 0.29) is 11.9 Å². The summed E-state index contributed by atoms with van der Waals surface area (Å²) < 4.78 is 38.6. The van der Waals surface area contributed by atoms with Gasteiger partial charge in [-0.2, -0.15) is 13.2 Å². The number of rotatable bonds is 4. The van der Waals surface area contributed by atoms with Gasteiger partial charge in [-0.3, -0.25) is 9.69 Å². The number of thiazole rings is 1. The molecule has 1 amide bonds. The van der Waals surface area contributed by atoms with Gasteiger partial charge in [0.25, 0.3) is 0 Å². The molecule has 1 aliphatic rings. The zero-order valence-electron chi connectivity index (χ0n) is 14.2. The van der Waals surface area contributed by atoms with Crippen molar-refractivity contribution >= 4 is 28.1 Å². The highest BCUT2D eigenvalue weighted by Gasteiger charge is 2.31. The van der Waals surface area contributed by atoms with Crippen LogP contribution in [0.2, 0.25) is 0 Å². The molecule has 5 nitrogen and oxygen atoms in total. The normalized spacial score (nSPS) is 17.2. The van der Waals surface area contributed by atoms with E-state index in [4.69, 9.17) is 0 Å². The third-order valence-corrected chi connectivity index (χ3v) is 5.13. The molecule has 1 aromatic carbocycles. The number of hydrogen-bond donors (Lipinski definition) is 1. The average molecular weight is 384 g/mol. The van der Waals surface area contributed by atoms with Gasteiger partial charge in [0, 0.05) is 43.4 Å². The Balaban J connectivity index is 1.58. The molecule has 0 bridgehead atoms. The molecule has 1 N–H and O–H groups in total. The zero-order chi connectivity index (χ0) is 18.7. The Bertz CT molecular complexity index is 743. The van der Waals surface area contributed by atoms with Gasteiger partial charge in [-0.15, -0.1) is 11.3 Å². The predicted octanol–water partition coefficient (Wildman–Crippen LogP) is 3.31. The van der Waals surface area contributed by atoms with Gasteiger partial charge in [-0.25, -0.2) is 4.98 Å². The number of benzene rings is 1. The van der Waals surface area contributed by atoms with Gasteiger partial charge >= 0.3 is 6.18 Å². The first-order chi connectivity index (χ1) is 12.3. The maximum Gasteiger partial charge on any atom is 0.416 e. The van der Waals surface area contributed by atoms with Crippen LogP contribution in [0.1, 0.15) is 12.5 Å². The smallest absolute Gasteiger partial charge is 0.369 e. The van der Waals surface area contributed by atoms with Crippen molar-refractivity contribution in [3.05, 3.63) is 41.4 Å². The molecule has 1 atom stereocenters. The van der Waals surface area contributed by atoms with Crippen molar-refractivity contribution in [3.63, 3.8) is 0 Å². The van der Waals surface area contributed by atoms with E-state index in [2.05, 4.69) is 10.3 Å². The summed E-state index contributed by atoms with van der Waals surface area (Å²) in [6, 6.07) is 5.03. The van der Waals surface area contributed by atoms with Gasteiger partial charge in [0.1, 0.15) is 0 Å². The molecule has 1 unspecified atom stereocenters. The van der Waals surface area contributed by atoms with E-state index in [9.17, 15) is 18.0 Å². The Labute approximate surface area is 153 Å². The van der Waals surface area contributed by atoms with E-state index < -0.39 is 11.7 Å². The van der Waals surface area contributed by atoms with Gasteiger partial charge < -0.3 is 10.2 Å². The van der Waals surface area contributed by atoms with Crippen molar-refractivity contribution in [3.8, 4) is 0 Å². The minimum Gasteiger partial charge on any atom is -0.369 e. The second-order valence-electron chi connectivity index (χ2n) is 6.07. The van der Waals surface area contributed by atoms with E-state index in [1.807, 2.05) is 16.7 Å². The lowest BCUT2D eigenvalue weighted by Crippen LogP contribution is -2.52. The van der Waals surface area contributed by atoms with Gasteiger partial charge in [0.2, 0.25) is 5.91 Å². The highest BCUT2D eigenvalue weighted by atomic mass is 32.1. The van der Waals surface area contributed by atoms with E-state index in [0.29, 0.717) is 37.0 Å². The molecule has 3 rings (SSSR count). The molecule has 0 spiro atoms. The summed E-state index contributed by atoms with van der Waals surface area (Å²) in [7, 11) is 0. The van der Waals surface area contributed by atoms with Gasteiger partial charge in [-0.05, 0) is 25.1 Å². The molecule has 1 aromatic heterocycles. The number of alkyl halides is 3. The number of aromatic nitrogens is 1. The van der Waals surface area contributed by atoms with Crippen LogP contribution in [0, 0.1) is 0 Å². The summed E-state index contributed by atoms with van der Waals surface area (Å²) in [4.78, 5) is 20.3. The Morgan fingerprint density at radius 3 is 2.62 bits per heavy atom. The minimum absolute atomic E-state index is 0.132. The largest absolute Gasteiger partial charge is 0.416 e. The SMILES string of the molecule is CC(C(=O)Nc1nccs1)N1CCN(c2cccc(C(F)(F)F)c2)CC1. The molecule has 0 aliphatic carbocycles. The van der Waals surface area contributed by atoms with Gasteiger partial charge in [0.05, 0.1) is 11.6 Å². The number of carbonyl (C=O) groups is 1. The number of nitrogens with zero attached hydrogens (tertiary/aromatic N) is 3. The second-order valence-corrected chi connectivity index (χ2v) is 6.97. The minimum atomic E-state index is -4.35. The van der Waals surface area contributed by atoms with Crippen LogP contribution in [0.15, 0.2) is 35.8 Å². The zero-order valence-corrected chi connectivity index (χ0v) is 15.0. The maximum absolute atomic E-state index is 12.9. The number of halogens is 3. The predicted molar refractivity (Wildman–Crippen MR) is 95.4 cm³/mol. The van der Waals surface area contributed by atoms with Crippen LogP contribution in [-0.4, -0.2) is 48.0 Å². The second kappa shape index (κ2) is 7.63. The van der Waals surface area contributed by atoms with Crippen LogP contribution < -0.4 is 10.2 Å². The maximum atomic E-state index is 12.9. The number of amides is 1. The number of carbonyl (C=O) groups excluding carboxylic acids is 1. The molecule has 9 heteroatoms. The molecule has 2 aromatic rings. The molecular weight excluding hydrogens is 365 g/mol. The first kappa shape index (κ1) is 18.7. The Hall–Kier alpha value is -2.13. The van der Waals surface area contributed by atoms with Crippen molar-refractivity contribution in [1.29, 1.82) is 0 Å². The molecule has 1 aliphatic heterocycles. The van der Waals surface area contributed by atoms with Crippen LogP contribution in [0.5, 0.6) is 0 Å². The Morgan fingerprint density at radius 1 is 1.27 bits per heavy atom. The standard InChI is InChI=1S/C17H19F3N4OS/c1-12(15(25)22-16-21-5-10-26-16)23-6-8-24(9-7-23)14-4-2-3-13(11-14)17(18,19)20/h2-5,10-12H,6-9H2,1H3,(H,21,22,25). The Kier molecular flexibility index (Phi) is 5.47. The lowest BCUT2D eigenvalue weighted by Gasteiger charge is -2.38. The molecular formula is C17H19F3N4OS. The molecule has 140 valence electrons. The fourth-order valence-corrected chi connectivity index (χ4v) is 3.44. The van der Waals surface area contributed by atoms with E-state index in [1.165, 1.54) is 23.5 Å². The number of anilines is 2. The summed E-state index contributed by atoms with van der Waals surface area (Å²) in [6.45, 7) is 4.15. The van der Waals surface area contributed by atoms with Crippen molar-refractivity contribution < 1.29 is 18.0 Å². The van der Waals surface area contributed by atoms with Crippen molar-refractivity contribution in [2.45, 2.75) is 19.1 Å². The van der Waals surface area contributed by atoms with Crippen LogP contribution in [-0.2, 0) is 11.0 Å². The first-order valence-electron chi connectivity index (χ1n) is 8.21. The van der Waals surface area contributed by atoms with Crippen LogP contribution in [0.4, 0.5) is 24.0 Å². The van der Waals surface area contributed by atoms with E-state index in [1.54, 1.807) is 17.6 Å². The lowest BCUT2D eigenvalue weighted by molar-refractivity contribution is -0.137. The number of nitrogens with one attached hydrogen (secondary N) is 1. The van der Waals surface area contributed by atoms with Crippen molar-refractivity contribution in [2.75, 3.05) is 36.4 Å². The third-order valence-electron chi connectivity index (χ3n) is 4.44. The third kappa shape index (κ3) is 4.34. The summed E-state index contributed by atoms with van der Waals surface area (Å²) in [5.74, 6) is -0.132. The molecule has 26 heavy (non-hydrogen) atoms. The van der Waals surface area contributed by atoms with Gasteiger partial charge in [-0.1, -0.05) is 6.07 Å². The van der Waals surface area contributed by atoms with E-state index in [0.717, 1.165) is 6.07 Å². The molecule has 0 saturated carbocycles. The molecule has 1 saturated heterocycles. The monoisotopic (exact) mass is 384 g/mol. The van der Waals surface area contributed by atoms with Crippen molar-refractivity contribution in [2.24, 2.45) is 0 Å². The first-order valence-corrected chi connectivity index (χ1v) is 9.09. The van der Waals surface area contributed by atoms with E-state index >= 15 is 0 Å². The summed E-state index contributed by atoms with van der Waals surface area (Å²) >= 11 is 1.35. The fraction of sp³-hybridized carbons (Fsp3) is 0.412. The topological polar surface area (TPSA) is 48.5 Å². The number of hydrogen-bond acceptors (Lipinski definition) is 5.